The van der Waals surface area contributed by atoms with Crippen LogP contribution in [-0.2, 0) is 4.74 Å². The fourth-order valence-electron chi connectivity index (χ4n) is 1.80. The molecule has 2 amide bonds. The molecule has 1 saturated heterocycles. The lowest BCUT2D eigenvalue weighted by atomic mass is 10.2. The first-order valence-corrected chi connectivity index (χ1v) is 6.12. The fourth-order valence-corrected chi connectivity index (χ4v) is 1.80. The van der Waals surface area contributed by atoms with E-state index in [1.54, 1.807) is 4.90 Å². The Morgan fingerprint density at radius 2 is 2.11 bits per heavy atom. The van der Waals surface area contributed by atoms with Crippen LogP contribution in [0.2, 0.25) is 0 Å². The maximum absolute atomic E-state index is 12.7. The summed E-state index contributed by atoms with van der Waals surface area (Å²) in [7, 11) is 0. The zero-order valence-corrected chi connectivity index (χ0v) is 10.4. The van der Waals surface area contributed by atoms with Gasteiger partial charge in [0.25, 0.3) is 5.91 Å². The molecular formula is C13H15FN2O3. The van der Waals surface area contributed by atoms with Gasteiger partial charge in [0, 0.05) is 18.7 Å². The molecule has 0 aromatic heterocycles. The second-order valence-electron chi connectivity index (χ2n) is 4.22. The second-order valence-corrected chi connectivity index (χ2v) is 4.22. The van der Waals surface area contributed by atoms with Gasteiger partial charge in [-0.3, -0.25) is 4.79 Å². The Bertz CT molecular complexity index is 461. The SMILES string of the molecule is O=C(NCCCN1CCOC1=O)c1ccc(F)cc1. The first-order valence-electron chi connectivity index (χ1n) is 6.12. The van der Waals surface area contributed by atoms with Gasteiger partial charge in [0.2, 0.25) is 0 Å². The highest BCUT2D eigenvalue weighted by atomic mass is 19.1. The van der Waals surface area contributed by atoms with E-state index >= 15 is 0 Å². The van der Waals surface area contributed by atoms with Gasteiger partial charge in [-0.15, -0.1) is 0 Å². The van der Waals surface area contributed by atoms with Crippen LogP contribution in [0.25, 0.3) is 0 Å². The zero-order chi connectivity index (χ0) is 13.7. The van der Waals surface area contributed by atoms with Crippen LogP contribution in [0.4, 0.5) is 9.18 Å². The summed E-state index contributed by atoms with van der Waals surface area (Å²) in [5.41, 5.74) is 0.419. The minimum Gasteiger partial charge on any atom is -0.448 e. The van der Waals surface area contributed by atoms with Gasteiger partial charge < -0.3 is 15.0 Å². The van der Waals surface area contributed by atoms with E-state index in [1.165, 1.54) is 24.3 Å². The van der Waals surface area contributed by atoms with Crippen LogP contribution in [0.1, 0.15) is 16.8 Å². The van der Waals surface area contributed by atoms with E-state index in [0.29, 0.717) is 38.2 Å². The second kappa shape index (κ2) is 6.17. The number of ether oxygens (including phenoxy) is 1. The highest BCUT2D eigenvalue weighted by Gasteiger charge is 2.20. The zero-order valence-electron chi connectivity index (χ0n) is 10.4. The van der Waals surface area contributed by atoms with Crippen LogP contribution >= 0.6 is 0 Å². The van der Waals surface area contributed by atoms with E-state index in [9.17, 15) is 14.0 Å². The van der Waals surface area contributed by atoms with Crippen LogP contribution in [0.5, 0.6) is 0 Å². The Labute approximate surface area is 110 Å². The predicted octanol–water partition coefficient (Wildman–Crippen LogP) is 1.40. The summed E-state index contributed by atoms with van der Waals surface area (Å²) in [6.45, 7) is 2.05. The molecule has 1 aromatic carbocycles. The van der Waals surface area contributed by atoms with Crippen molar-refractivity contribution in [1.82, 2.24) is 10.2 Å². The summed E-state index contributed by atoms with van der Waals surface area (Å²) in [5.74, 6) is -0.618. The topological polar surface area (TPSA) is 58.6 Å². The van der Waals surface area contributed by atoms with Gasteiger partial charge in [0.05, 0.1) is 6.54 Å². The summed E-state index contributed by atoms with van der Waals surface area (Å²) in [5, 5.41) is 2.72. The van der Waals surface area contributed by atoms with E-state index in [-0.39, 0.29) is 17.8 Å². The summed E-state index contributed by atoms with van der Waals surface area (Å²) in [6, 6.07) is 5.36. The molecule has 1 N–H and O–H groups in total. The molecule has 0 unspecified atom stereocenters. The number of hydrogen-bond acceptors (Lipinski definition) is 3. The molecule has 0 saturated carbocycles. The van der Waals surface area contributed by atoms with Crippen molar-refractivity contribution in [3.8, 4) is 0 Å². The molecule has 19 heavy (non-hydrogen) atoms. The van der Waals surface area contributed by atoms with E-state index in [1.807, 2.05) is 0 Å². The Morgan fingerprint density at radius 1 is 1.37 bits per heavy atom. The van der Waals surface area contributed by atoms with Crippen molar-refractivity contribution in [2.75, 3.05) is 26.2 Å². The Morgan fingerprint density at radius 3 is 2.74 bits per heavy atom. The van der Waals surface area contributed by atoms with Crippen LogP contribution in [-0.4, -0.2) is 43.1 Å². The lowest BCUT2D eigenvalue weighted by Gasteiger charge is -2.12. The van der Waals surface area contributed by atoms with Crippen LogP contribution < -0.4 is 5.32 Å². The lowest BCUT2D eigenvalue weighted by molar-refractivity contribution is 0.0952. The Balaban J connectivity index is 1.69. The number of amides is 2. The maximum atomic E-state index is 12.7. The molecule has 0 aliphatic carbocycles. The van der Waals surface area contributed by atoms with E-state index in [4.69, 9.17) is 4.74 Å². The quantitative estimate of drug-likeness (QED) is 0.819. The molecule has 102 valence electrons. The average molecular weight is 266 g/mol. The molecule has 5 nitrogen and oxygen atoms in total. The number of carbonyl (C=O) groups is 2. The molecule has 1 fully saturated rings. The number of hydrogen-bond donors (Lipinski definition) is 1. The first-order chi connectivity index (χ1) is 9.16. The van der Waals surface area contributed by atoms with Crippen molar-refractivity contribution >= 4 is 12.0 Å². The van der Waals surface area contributed by atoms with Gasteiger partial charge in [-0.05, 0) is 30.7 Å². The fraction of sp³-hybridized carbons (Fsp3) is 0.385. The van der Waals surface area contributed by atoms with E-state index in [2.05, 4.69) is 5.32 Å². The molecule has 0 radical (unpaired) electrons. The highest BCUT2D eigenvalue weighted by Crippen LogP contribution is 2.04. The number of cyclic esters (lactones) is 1. The summed E-state index contributed by atoms with van der Waals surface area (Å²) in [4.78, 5) is 24.4. The van der Waals surface area contributed by atoms with Crippen molar-refractivity contribution in [1.29, 1.82) is 0 Å². The molecule has 1 heterocycles. The predicted molar refractivity (Wildman–Crippen MR) is 66.3 cm³/mol. The van der Waals surface area contributed by atoms with E-state index in [0.717, 1.165) is 0 Å². The van der Waals surface area contributed by atoms with Crippen molar-refractivity contribution in [2.24, 2.45) is 0 Å². The molecular weight excluding hydrogens is 251 g/mol. The number of benzene rings is 1. The van der Waals surface area contributed by atoms with Gasteiger partial charge >= 0.3 is 6.09 Å². The van der Waals surface area contributed by atoms with Gasteiger partial charge in [0.15, 0.2) is 0 Å². The smallest absolute Gasteiger partial charge is 0.409 e. The van der Waals surface area contributed by atoms with Gasteiger partial charge in [0.1, 0.15) is 12.4 Å². The van der Waals surface area contributed by atoms with Crippen molar-refractivity contribution in [3.05, 3.63) is 35.6 Å². The van der Waals surface area contributed by atoms with Gasteiger partial charge in [-0.25, -0.2) is 9.18 Å². The third kappa shape index (κ3) is 3.67. The van der Waals surface area contributed by atoms with Gasteiger partial charge in [-0.1, -0.05) is 0 Å². The third-order valence-electron chi connectivity index (χ3n) is 2.84. The van der Waals surface area contributed by atoms with Crippen molar-refractivity contribution < 1.29 is 18.7 Å². The van der Waals surface area contributed by atoms with Gasteiger partial charge in [-0.2, -0.15) is 0 Å². The monoisotopic (exact) mass is 266 g/mol. The summed E-state index contributed by atoms with van der Waals surface area (Å²) >= 11 is 0. The third-order valence-corrected chi connectivity index (χ3v) is 2.84. The minimum atomic E-state index is -0.371. The normalized spacial score (nSPS) is 14.4. The molecule has 6 heteroatoms. The lowest BCUT2D eigenvalue weighted by Crippen LogP contribution is -2.30. The number of nitrogens with zero attached hydrogens (tertiary/aromatic N) is 1. The van der Waals surface area contributed by atoms with Crippen molar-refractivity contribution in [3.63, 3.8) is 0 Å². The molecule has 1 aromatic rings. The molecule has 0 spiro atoms. The Hall–Kier alpha value is -2.11. The average Bonchev–Trinajstić information content (AvgIpc) is 2.81. The molecule has 0 atom stereocenters. The standard InChI is InChI=1S/C13H15FN2O3/c14-11-4-2-10(3-5-11)12(17)15-6-1-7-16-8-9-19-13(16)18/h2-5H,1,6-9H2,(H,15,17). The first kappa shape index (κ1) is 13.3. The maximum Gasteiger partial charge on any atom is 0.409 e. The number of halogens is 1. The number of carbonyl (C=O) groups excluding carboxylic acids is 2. The number of nitrogens with one attached hydrogen (secondary N) is 1. The van der Waals surface area contributed by atoms with Crippen molar-refractivity contribution in [2.45, 2.75) is 6.42 Å². The van der Waals surface area contributed by atoms with E-state index < -0.39 is 0 Å². The molecule has 0 bridgehead atoms. The van der Waals surface area contributed by atoms with Crippen LogP contribution in [0.15, 0.2) is 24.3 Å². The summed E-state index contributed by atoms with van der Waals surface area (Å²) in [6.07, 6.45) is 0.354. The molecule has 2 rings (SSSR count). The highest BCUT2D eigenvalue weighted by molar-refractivity contribution is 5.94. The largest absolute Gasteiger partial charge is 0.448 e. The minimum absolute atomic E-state index is 0.246. The molecule has 1 aliphatic rings. The van der Waals surface area contributed by atoms with Crippen LogP contribution in [0.3, 0.4) is 0 Å². The van der Waals surface area contributed by atoms with Crippen LogP contribution in [0, 0.1) is 5.82 Å². The number of rotatable bonds is 5. The molecule has 1 aliphatic heterocycles. The Kier molecular flexibility index (Phi) is 4.33. The summed E-state index contributed by atoms with van der Waals surface area (Å²) < 4.78 is 17.5.